The number of nitrogens with zero attached hydrogens (tertiary/aromatic N) is 2. The third-order valence-electron chi connectivity index (χ3n) is 7.10. The molecule has 5 rings (SSSR count). The number of carbonyl (C=O) groups is 2. The van der Waals surface area contributed by atoms with Crippen molar-refractivity contribution in [2.75, 3.05) is 6.61 Å². The number of benzene rings is 1. The van der Waals surface area contributed by atoms with Crippen LogP contribution in [0, 0.1) is 12.8 Å². The molecule has 2 aliphatic carbocycles. The van der Waals surface area contributed by atoms with Crippen LogP contribution >= 0.6 is 0 Å². The largest absolute Gasteiger partial charge is 0.493 e. The zero-order chi connectivity index (χ0) is 27.0. The minimum Gasteiger partial charge on any atom is -0.493 e. The number of ether oxygens (including phenoxy) is 1. The second-order valence-electron chi connectivity index (χ2n) is 9.94. The summed E-state index contributed by atoms with van der Waals surface area (Å²) in [4.78, 5) is 35.9. The zero-order valence-electron chi connectivity index (χ0n) is 20.6. The summed E-state index contributed by atoms with van der Waals surface area (Å²) in [5.74, 6) is 0.400. The Kier molecular flexibility index (Phi) is 7.13. The molecule has 9 nitrogen and oxygen atoms in total. The first kappa shape index (κ1) is 25.8. The van der Waals surface area contributed by atoms with Crippen molar-refractivity contribution in [3.63, 3.8) is 0 Å². The van der Waals surface area contributed by atoms with Gasteiger partial charge in [0.15, 0.2) is 0 Å². The Balaban J connectivity index is 1.43. The Morgan fingerprint density at radius 2 is 1.97 bits per heavy atom. The molecule has 0 spiro atoms. The first-order valence-corrected chi connectivity index (χ1v) is 12.5. The molecule has 38 heavy (non-hydrogen) atoms. The summed E-state index contributed by atoms with van der Waals surface area (Å²) in [6.45, 7) is 2.17. The number of aryl methyl sites for hydroxylation is 1. The van der Waals surface area contributed by atoms with E-state index in [-0.39, 0.29) is 24.0 Å². The average molecular weight is 532 g/mol. The molecule has 1 aromatic carbocycles. The number of alkyl halides is 3. The highest BCUT2D eigenvalue weighted by molar-refractivity contribution is 6.09. The number of hydrogen-bond acceptors (Lipinski definition) is 5. The Morgan fingerprint density at radius 1 is 1.18 bits per heavy atom. The molecular formula is C26H28F3N5O4. The van der Waals surface area contributed by atoms with E-state index in [2.05, 4.69) is 25.6 Å². The summed E-state index contributed by atoms with van der Waals surface area (Å²) in [7, 11) is 0. The number of carboxylic acid groups (broad SMARTS) is 1. The van der Waals surface area contributed by atoms with E-state index >= 15 is 0 Å². The maximum absolute atomic E-state index is 14.5. The van der Waals surface area contributed by atoms with E-state index in [0.29, 0.717) is 52.7 Å². The molecule has 12 heteroatoms. The van der Waals surface area contributed by atoms with Crippen LogP contribution in [0.25, 0.3) is 22.3 Å². The lowest BCUT2D eigenvalue weighted by Crippen LogP contribution is -2.49. The molecule has 2 fully saturated rings. The molecule has 2 saturated carbocycles. The van der Waals surface area contributed by atoms with Gasteiger partial charge in [-0.05, 0) is 56.7 Å². The molecule has 0 bridgehead atoms. The number of fused-ring (bicyclic) bond motifs is 1. The Bertz CT molecular complexity index is 1360. The second kappa shape index (κ2) is 10.5. The van der Waals surface area contributed by atoms with Crippen LogP contribution < -0.4 is 15.4 Å². The second-order valence-corrected chi connectivity index (χ2v) is 9.94. The van der Waals surface area contributed by atoms with Gasteiger partial charge in [0.05, 0.1) is 23.7 Å². The maximum atomic E-state index is 14.5. The van der Waals surface area contributed by atoms with Crippen LogP contribution in [0.4, 0.5) is 18.0 Å². The van der Waals surface area contributed by atoms with Crippen molar-refractivity contribution in [2.24, 2.45) is 5.92 Å². The predicted octanol–water partition coefficient (Wildman–Crippen LogP) is 4.92. The molecule has 4 N–H and O–H groups in total. The molecule has 2 amide bonds. The molecule has 202 valence electrons. The number of hydrogen-bond donors (Lipinski definition) is 4. The van der Waals surface area contributed by atoms with E-state index in [4.69, 9.17) is 9.84 Å². The first-order chi connectivity index (χ1) is 18.2. The van der Waals surface area contributed by atoms with Crippen molar-refractivity contribution < 1.29 is 32.6 Å². The fourth-order valence-electron chi connectivity index (χ4n) is 4.91. The standard InChI is InChI=1S/C26H28F3N5O4/c1-12-20(25(35)33-15-5-6-18(17(27)9-15)34-26(36)37)22-23(32-12)21(30-11-31-22)16-8-14(24(28)29)4-7-19(16)38-10-13-2-3-13/h4,7-8,11,13,15,17-18,24,32,34H,2-3,5-6,9-10H2,1H3,(H,33,35)(H,36,37). The summed E-state index contributed by atoms with van der Waals surface area (Å²) in [5.41, 5.74) is 1.95. The van der Waals surface area contributed by atoms with Gasteiger partial charge in [-0.25, -0.2) is 27.9 Å². The number of nitrogens with one attached hydrogen (secondary N) is 3. The van der Waals surface area contributed by atoms with E-state index in [1.807, 2.05) is 0 Å². The summed E-state index contributed by atoms with van der Waals surface area (Å²) >= 11 is 0. The highest BCUT2D eigenvalue weighted by Crippen LogP contribution is 2.38. The van der Waals surface area contributed by atoms with Gasteiger partial charge in [-0.3, -0.25) is 4.79 Å². The molecule has 3 aromatic rings. The van der Waals surface area contributed by atoms with Gasteiger partial charge in [-0.15, -0.1) is 0 Å². The van der Waals surface area contributed by atoms with Crippen molar-refractivity contribution in [2.45, 2.75) is 63.7 Å². The molecular weight excluding hydrogens is 503 g/mol. The van der Waals surface area contributed by atoms with E-state index in [0.717, 1.165) is 12.8 Å². The lowest BCUT2D eigenvalue weighted by molar-refractivity contribution is 0.0893. The first-order valence-electron chi connectivity index (χ1n) is 12.5. The number of aromatic nitrogens is 3. The number of aromatic amines is 1. The van der Waals surface area contributed by atoms with Gasteiger partial charge < -0.3 is 25.5 Å². The van der Waals surface area contributed by atoms with Crippen molar-refractivity contribution in [1.82, 2.24) is 25.6 Å². The smallest absolute Gasteiger partial charge is 0.404 e. The quantitative estimate of drug-likeness (QED) is 0.327. The third-order valence-corrected chi connectivity index (χ3v) is 7.10. The van der Waals surface area contributed by atoms with Gasteiger partial charge in [0, 0.05) is 29.3 Å². The third kappa shape index (κ3) is 5.39. The maximum Gasteiger partial charge on any atom is 0.404 e. The molecule has 2 heterocycles. The van der Waals surface area contributed by atoms with Gasteiger partial charge in [0.25, 0.3) is 12.3 Å². The van der Waals surface area contributed by atoms with Gasteiger partial charge in [0.2, 0.25) is 0 Å². The molecule has 3 atom stereocenters. The van der Waals surface area contributed by atoms with Crippen LogP contribution in [0.2, 0.25) is 0 Å². The average Bonchev–Trinajstić information content (AvgIpc) is 3.63. The van der Waals surface area contributed by atoms with Gasteiger partial charge in [-0.2, -0.15) is 0 Å². The van der Waals surface area contributed by atoms with Crippen LogP contribution in [-0.2, 0) is 0 Å². The SMILES string of the molecule is Cc1[nH]c2c(-c3cc(C(F)F)ccc3OCC3CC3)ncnc2c1C(=O)NC1CCC(NC(=O)O)C(F)C1. The summed E-state index contributed by atoms with van der Waals surface area (Å²) in [5, 5.41) is 13.9. The van der Waals surface area contributed by atoms with Crippen molar-refractivity contribution >= 4 is 23.0 Å². The fraction of sp³-hybridized carbons (Fsp3) is 0.462. The molecule has 0 radical (unpaired) electrons. The minimum absolute atomic E-state index is 0.0273. The van der Waals surface area contributed by atoms with Gasteiger partial charge in [-0.1, -0.05) is 0 Å². The van der Waals surface area contributed by atoms with E-state index in [9.17, 15) is 22.8 Å². The van der Waals surface area contributed by atoms with Gasteiger partial charge >= 0.3 is 6.09 Å². The highest BCUT2D eigenvalue weighted by atomic mass is 19.3. The lowest BCUT2D eigenvalue weighted by atomic mass is 9.89. The summed E-state index contributed by atoms with van der Waals surface area (Å²) in [6, 6.07) is 2.88. The van der Waals surface area contributed by atoms with E-state index in [1.54, 1.807) is 6.92 Å². The normalized spacial score (nSPS) is 21.4. The Hall–Kier alpha value is -3.83. The molecule has 0 aliphatic heterocycles. The number of carbonyl (C=O) groups excluding carboxylic acids is 1. The summed E-state index contributed by atoms with van der Waals surface area (Å²) < 4.78 is 47.5. The van der Waals surface area contributed by atoms with Crippen LogP contribution in [-0.4, -0.2) is 56.9 Å². The zero-order valence-corrected chi connectivity index (χ0v) is 20.6. The van der Waals surface area contributed by atoms with Gasteiger partial charge in [0.1, 0.15) is 29.5 Å². The number of rotatable bonds is 8. The number of halogens is 3. The van der Waals surface area contributed by atoms with E-state index < -0.39 is 36.7 Å². The Morgan fingerprint density at radius 3 is 2.66 bits per heavy atom. The summed E-state index contributed by atoms with van der Waals surface area (Å²) in [6.07, 6.45) is -1.38. The van der Waals surface area contributed by atoms with Crippen molar-refractivity contribution in [3.05, 3.63) is 41.3 Å². The monoisotopic (exact) mass is 531 g/mol. The topological polar surface area (TPSA) is 129 Å². The molecule has 2 aliphatic rings. The number of H-pyrrole nitrogens is 1. The van der Waals surface area contributed by atoms with Crippen molar-refractivity contribution in [3.8, 4) is 17.0 Å². The predicted molar refractivity (Wildman–Crippen MR) is 132 cm³/mol. The number of amides is 2. The molecule has 3 unspecified atom stereocenters. The molecule has 0 saturated heterocycles. The minimum atomic E-state index is -2.68. The molecule has 2 aromatic heterocycles. The lowest BCUT2D eigenvalue weighted by Gasteiger charge is -2.31. The van der Waals surface area contributed by atoms with Crippen molar-refractivity contribution in [1.29, 1.82) is 0 Å². The fourth-order valence-corrected chi connectivity index (χ4v) is 4.91. The Labute approximate surface area is 216 Å². The van der Waals surface area contributed by atoms with E-state index in [1.165, 1.54) is 24.5 Å². The van der Waals surface area contributed by atoms with Crippen LogP contribution in [0.5, 0.6) is 5.75 Å². The highest BCUT2D eigenvalue weighted by Gasteiger charge is 2.33. The van der Waals surface area contributed by atoms with Crippen LogP contribution in [0.15, 0.2) is 24.5 Å². The van der Waals surface area contributed by atoms with Crippen LogP contribution in [0.1, 0.15) is 60.1 Å². The van der Waals surface area contributed by atoms with Crippen LogP contribution in [0.3, 0.4) is 0 Å².